The summed E-state index contributed by atoms with van der Waals surface area (Å²) in [5.41, 5.74) is 42.3. The highest BCUT2D eigenvalue weighted by molar-refractivity contribution is 5.02. The lowest BCUT2D eigenvalue weighted by molar-refractivity contribution is -0.318. The molecule has 2 heterocycles. The van der Waals surface area contributed by atoms with Gasteiger partial charge in [-0.15, -0.1) is 0 Å². The van der Waals surface area contributed by atoms with Crippen LogP contribution in [0.2, 0.25) is 0 Å². The fourth-order valence-electron chi connectivity index (χ4n) is 5.31. The van der Waals surface area contributed by atoms with Gasteiger partial charge in [0.05, 0.1) is 37.5 Å². The van der Waals surface area contributed by atoms with Crippen molar-refractivity contribution in [2.24, 2.45) is 40.1 Å². The average molecular weight is 583 g/mol. The summed E-state index contributed by atoms with van der Waals surface area (Å²) in [5, 5.41) is 43.9. The first-order valence-electron chi connectivity index (χ1n) is 13.8. The quantitative estimate of drug-likeness (QED) is 0.0897. The van der Waals surface area contributed by atoms with Crippen molar-refractivity contribution in [3.05, 3.63) is 0 Å². The molecule has 17 heteroatoms. The minimum Gasteiger partial charge on any atom is -0.394 e. The van der Waals surface area contributed by atoms with Gasteiger partial charge in [0.25, 0.3) is 0 Å². The Kier molecular flexibility index (Phi) is 13.3. The molecule has 3 aliphatic rings. The number of hydrogen-bond acceptors (Lipinski definition) is 17. The number of nitrogens with one attached hydrogen (secondary N) is 1. The van der Waals surface area contributed by atoms with Crippen molar-refractivity contribution in [2.75, 3.05) is 39.4 Å². The van der Waals surface area contributed by atoms with Crippen LogP contribution in [0.4, 0.5) is 0 Å². The van der Waals surface area contributed by atoms with Crippen molar-refractivity contribution in [1.82, 2.24) is 5.32 Å². The van der Waals surface area contributed by atoms with Crippen molar-refractivity contribution in [3.8, 4) is 0 Å². The highest BCUT2D eigenvalue weighted by Crippen LogP contribution is 2.32. The molecule has 14 atom stereocenters. The molecule has 0 spiro atoms. The van der Waals surface area contributed by atoms with Crippen LogP contribution in [0, 0.1) is 0 Å². The van der Waals surface area contributed by atoms with E-state index in [4.69, 9.17) is 63.8 Å². The molecular weight excluding hydrogens is 532 g/mol. The van der Waals surface area contributed by atoms with Crippen LogP contribution in [0.25, 0.3) is 0 Å². The van der Waals surface area contributed by atoms with Crippen LogP contribution in [0.5, 0.6) is 0 Å². The Balaban J connectivity index is 1.81. The number of hydrogen-bond donors (Lipinski definition) is 12. The molecule has 1 aliphatic carbocycles. The van der Waals surface area contributed by atoms with Crippen LogP contribution in [0.3, 0.4) is 0 Å². The van der Waals surface area contributed by atoms with Crippen molar-refractivity contribution < 1.29 is 44.1 Å². The minimum atomic E-state index is -1.43. The molecule has 19 N–H and O–H groups in total. The van der Waals surface area contributed by atoms with Crippen molar-refractivity contribution in [1.29, 1.82) is 0 Å². The monoisotopic (exact) mass is 582 g/mol. The molecule has 2 saturated heterocycles. The fraction of sp³-hybridized carbons (Fsp3) is 1.00. The van der Waals surface area contributed by atoms with Crippen molar-refractivity contribution in [2.45, 2.75) is 104 Å². The Morgan fingerprint density at radius 3 is 1.95 bits per heavy atom. The van der Waals surface area contributed by atoms with E-state index in [-0.39, 0.29) is 32.0 Å². The van der Waals surface area contributed by atoms with Gasteiger partial charge < -0.3 is 89.6 Å². The van der Waals surface area contributed by atoms with E-state index in [0.717, 1.165) is 0 Å². The predicted molar refractivity (Wildman–Crippen MR) is 142 cm³/mol. The highest BCUT2D eigenvalue weighted by Gasteiger charge is 2.51. The highest BCUT2D eigenvalue weighted by atomic mass is 16.7. The van der Waals surface area contributed by atoms with Crippen LogP contribution in [-0.4, -0.2) is 151 Å². The normalized spacial score (nSPS) is 44.7. The van der Waals surface area contributed by atoms with Gasteiger partial charge in [-0.1, -0.05) is 0 Å². The Morgan fingerprint density at radius 2 is 1.38 bits per heavy atom. The smallest absolute Gasteiger partial charge is 0.186 e. The second kappa shape index (κ2) is 15.7. The van der Waals surface area contributed by atoms with E-state index in [1.54, 1.807) is 0 Å². The third-order valence-electron chi connectivity index (χ3n) is 7.80. The second-order valence-corrected chi connectivity index (χ2v) is 10.8. The summed E-state index contributed by atoms with van der Waals surface area (Å²) in [6.07, 6.45) is -9.88. The van der Waals surface area contributed by atoms with Gasteiger partial charge in [0, 0.05) is 44.3 Å². The zero-order valence-electron chi connectivity index (χ0n) is 22.7. The minimum absolute atomic E-state index is 0.0607. The number of nitrogens with two attached hydrogens (primary N) is 7. The summed E-state index contributed by atoms with van der Waals surface area (Å²) in [5.74, 6) is 0. The molecular formula is C23H50N8O9. The Morgan fingerprint density at radius 1 is 0.775 bits per heavy atom. The van der Waals surface area contributed by atoms with E-state index in [2.05, 4.69) is 5.32 Å². The summed E-state index contributed by atoms with van der Waals surface area (Å²) in [6.45, 7) is 0.737. The van der Waals surface area contributed by atoms with Crippen LogP contribution < -0.4 is 45.5 Å². The van der Waals surface area contributed by atoms with Gasteiger partial charge in [0.15, 0.2) is 12.6 Å². The van der Waals surface area contributed by atoms with E-state index < -0.39 is 92.2 Å². The molecule has 0 amide bonds. The molecule has 0 bridgehead atoms. The maximum absolute atomic E-state index is 10.7. The van der Waals surface area contributed by atoms with Crippen LogP contribution in [-0.2, 0) is 23.7 Å². The van der Waals surface area contributed by atoms with Gasteiger partial charge in [0.2, 0.25) is 0 Å². The Hall–Kier alpha value is -0.680. The van der Waals surface area contributed by atoms with E-state index in [9.17, 15) is 20.4 Å². The Labute approximate surface area is 233 Å². The molecule has 0 radical (unpaired) electrons. The largest absolute Gasteiger partial charge is 0.394 e. The van der Waals surface area contributed by atoms with Crippen LogP contribution in [0.15, 0.2) is 0 Å². The molecule has 1 saturated carbocycles. The maximum atomic E-state index is 10.7. The molecule has 236 valence electrons. The third kappa shape index (κ3) is 8.03. The van der Waals surface area contributed by atoms with Gasteiger partial charge in [-0.25, -0.2) is 0 Å². The van der Waals surface area contributed by atoms with Gasteiger partial charge in [-0.3, -0.25) is 0 Å². The molecule has 3 fully saturated rings. The SMILES string of the molecule is NCC(CN)NCCO[C@@H]1[C@@H](O[C@H]2O[C@H](CN)[C@@H](O)C[C@H]2N)[C@H](N)C[C@H](N)[C@H]1O[C@H]1O[C@H](CO)[C@@H](O)[C@H](N)[C@H]1O. The summed E-state index contributed by atoms with van der Waals surface area (Å²) < 4.78 is 30.1. The molecule has 3 rings (SSSR count). The van der Waals surface area contributed by atoms with Gasteiger partial charge in [0.1, 0.15) is 36.6 Å². The van der Waals surface area contributed by atoms with E-state index in [0.29, 0.717) is 19.6 Å². The standard InChI is InChI=1S/C23H50N8O9/c24-5-9(6-25)31-1-2-36-21-19(39-22-12(29)4-13(33)14(7-26)37-22)10(27)3-11(28)20(21)40-23-18(35)16(30)17(34)15(8-32)38-23/h9-23,31-35H,1-8,24-30H2/t10-,11+,12-,13+,14-,15-,16+,17-,18-,19+,20-,21-,22-,23-/m1/s1. The zero-order chi connectivity index (χ0) is 29.6. The number of rotatable bonds is 13. The summed E-state index contributed by atoms with van der Waals surface area (Å²) in [7, 11) is 0. The molecule has 40 heavy (non-hydrogen) atoms. The third-order valence-corrected chi connectivity index (χ3v) is 7.80. The molecule has 2 aliphatic heterocycles. The number of aliphatic hydroxyl groups is 4. The molecule has 0 aromatic heterocycles. The van der Waals surface area contributed by atoms with Crippen molar-refractivity contribution >= 4 is 0 Å². The van der Waals surface area contributed by atoms with E-state index in [1.807, 2.05) is 0 Å². The summed E-state index contributed by atoms with van der Waals surface area (Å²) >= 11 is 0. The first-order valence-corrected chi connectivity index (χ1v) is 13.8. The van der Waals surface area contributed by atoms with Crippen LogP contribution in [0.1, 0.15) is 12.8 Å². The predicted octanol–water partition coefficient (Wildman–Crippen LogP) is -7.40. The zero-order valence-corrected chi connectivity index (χ0v) is 22.7. The lowest BCUT2D eigenvalue weighted by Crippen LogP contribution is -2.68. The van der Waals surface area contributed by atoms with E-state index >= 15 is 0 Å². The average Bonchev–Trinajstić information content (AvgIpc) is 2.93. The topological polar surface area (TPSA) is 321 Å². The molecule has 0 aromatic carbocycles. The maximum Gasteiger partial charge on any atom is 0.186 e. The van der Waals surface area contributed by atoms with E-state index in [1.165, 1.54) is 0 Å². The summed E-state index contributed by atoms with van der Waals surface area (Å²) in [6, 6.07) is -3.24. The first-order chi connectivity index (χ1) is 19.1. The van der Waals surface area contributed by atoms with Gasteiger partial charge in [-0.05, 0) is 12.8 Å². The Bertz CT molecular complexity index is 744. The lowest BCUT2D eigenvalue weighted by Gasteiger charge is -2.49. The molecule has 17 nitrogen and oxygen atoms in total. The fourth-order valence-corrected chi connectivity index (χ4v) is 5.31. The molecule has 0 unspecified atom stereocenters. The van der Waals surface area contributed by atoms with Crippen molar-refractivity contribution in [3.63, 3.8) is 0 Å². The van der Waals surface area contributed by atoms with Crippen LogP contribution >= 0.6 is 0 Å². The first kappa shape index (κ1) is 33.8. The molecule has 0 aromatic rings. The number of ether oxygens (including phenoxy) is 5. The second-order valence-electron chi connectivity index (χ2n) is 10.8. The summed E-state index contributed by atoms with van der Waals surface area (Å²) in [4.78, 5) is 0. The van der Waals surface area contributed by atoms with Gasteiger partial charge in [-0.2, -0.15) is 0 Å². The number of aliphatic hydroxyl groups excluding tert-OH is 4. The lowest BCUT2D eigenvalue weighted by atomic mass is 9.84. The van der Waals surface area contributed by atoms with Gasteiger partial charge >= 0.3 is 0 Å².